The van der Waals surface area contributed by atoms with E-state index in [1.165, 1.54) is 0 Å². The molecule has 1 heterocycles. The number of halogens is 3. The number of nitrogens with two attached hydrogens (primary N) is 1. The van der Waals surface area contributed by atoms with Crippen LogP contribution in [0.15, 0.2) is 60.7 Å². The number of fused-ring (bicyclic) bond motifs is 2. The molecule has 3 N–H and O–H groups in total. The number of para-hydroxylation sites is 2. The maximum absolute atomic E-state index is 6.20. The van der Waals surface area contributed by atoms with Crippen LogP contribution in [0.2, 0.25) is 0 Å². The lowest BCUT2D eigenvalue weighted by Crippen LogP contribution is -2.32. The molecular formula is C26H29Cl3N4O. The SMILES string of the molecule is Cc1ccc(N)cc1Nc1c2ccccc2nc2c(OCCN(CCCl)CCCl)cccc12.Cl. The average molecular weight is 520 g/mol. The number of anilines is 3. The van der Waals surface area contributed by atoms with Crippen molar-refractivity contribution in [3.63, 3.8) is 0 Å². The predicted molar refractivity (Wildman–Crippen MR) is 149 cm³/mol. The van der Waals surface area contributed by atoms with Crippen LogP contribution in [0, 0.1) is 6.92 Å². The third-order valence-electron chi connectivity index (χ3n) is 5.66. The van der Waals surface area contributed by atoms with Gasteiger partial charge < -0.3 is 15.8 Å². The van der Waals surface area contributed by atoms with Crippen molar-refractivity contribution < 1.29 is 4.74 Å². The van der Waals surface area contributed by atoms with E-state index in [-0.39, 0.29) is 12.4 Å². The number of ether oxygens (including phenoxy) is 1. The van der Waals surface area contributed by atoms with Crippen LogP contribution in [0.1, 0.15) is 5.56 Å². The molecule has 0 spiro atoms. The van der Waals surface area contributed by atoms with Gasteiger partial charge in [-0.15, -0.1) is 35.6 Å². The molecule has 180 valence electrons. The average Bonchev–Trinajstić information content (AvgIpc) is 2.82. The molecule has 0 atom stereocenters. The lowest BCUT2D eigenvalue weighted by Gasteiger charge is -2.20. The van der Waals surface area contributed by atoms with Crippen LogP contribution in [0.25, 0.3) is 21.8 Å². The van der Waals surface area contributed by atoms with E-state index >= 15 is 0 Å². The summed E-state index contributed by atoms with van der Waals surface area (Å²) >= 11 is 11.8. The monoisotopic (exact) mass is 518 g/mol. The highest BCUT2D eigenvalue weighted by molar-refractivity contribution is 6.18. The summed E-state index contributed by atoms with van der Waals surface area (Å²) in [6, 6.07) is 20.0. The van der Waals surface area contributed by atoms with Crippen LogP contribution in [0.4, 0.5) is 17.1 Å². The molecule has 0 aliphatic carbocycles. The first kappa shape index (κ1) is 26.2. The number of nitrogen functional groups attached to an aromatic ring is 1. The fourth-order valence-corrected chi connectivity index (χ4v) is 4.38. The predicted octanol–water partition coefficient (Wildman–Crippen LogP) is 6.60. The maximum Gasteiger partial charge on any atom is 0.145 e. The van der Waals surface area contributed by atoms with E-state index in [2.05, 4.69) is 29.3 Å². The first-order chi connectivity index (χ1) is 16.1. The fraction of sp³-hybridized carbons (Fsp3) is 0.269. The van der Waals surface area contributed by atoms with E-state index in [4.69, 9.17) is 38.7 Å². The lowest BCUT2D eigenvalue weighted by molar-refractivity contribution is 0.226. The van der Waals surface area contributed by atoms with E-state index in [0.29, 0.717) is 24.1 Å². The molecule has 0 fully saturated rings. The molecule has 3 aromatic carbocycles. The quantitative estimate of drug-likeness (QED) is 0.140. The number of aryl methyl sites for hydroxylation is 1. The van der Waals surface area contributed by atoms with Gasteiger partial charge in [-0.3, -0.25) is 4.90 Å². The highest BCUT2D eigenvalue weighted by atomic mass is 35.5. The lowest BCUT2D eigenvalue weighted by atomic mass is 10.1. The molecule has 0 saturated heterocycles. The van der Waals surface area contributed by atoms with E-state index in [9.17, 15) is 0 Å². The Balaban J connectivity index is 0.00000324. The minimum absolute atomic E-state index is 0. The van der Waals surface area contributed by atoms with Crippen molar-refractivity contribution >= 4 is 74.5 Å². The number of hydrogen-bond acceptors (Lipinski definition) is 5. The van der Waals surface area contributed by atoms with Crippen molar-refractivity contribution in [2.24, 2.45) is 0 Å². The molecule has 34 heavy (non-hydrogen) atoms. The minimum atomic E-state index is 0. The van der Waals surface area contributed by atoms with Gasteiger partial charge >= 0.3 is 0 Å². The van der Waals surface area contributed by atoms with Crippen LogP contribution in [0.3, 0.4) is 0 Å². The number of hydrogen-bond donors (Lipinski definition) is 2. The Labute approximate surface area is 216 Å². The fourth-order valence-electron chi connectivity index (χ4n) is 3.91. The molecule has 1 aromatic heterocycles. The number of rotatable bonds is 10. The van der Waals surface area contributed by atoms with Gasteiger partial charge in [-0.25, -0.2) is 4.98 Å². The van der Waals surface area contributed by atoms with Crippen molar-refractivity contribution in [2.45, 2.75) is 6.92 Å². The zero-order valence-corrected chi connectivity index (χ0v) is 21.4. The Morgan fingerprint density at radius 2 is 1.68 bits per heavy atom. The number of alkyl halides is 2. The molecule has 8 heteroatoms. The Hall–Kier alpha value is -2.44. The molecule has 4 rings (SSSR count). The summed E-state index contributed by atoms with van der Waals surface area (Å²) in [7, 11) is 0. The zero-order valence-electron chi connectivity index (χ0n) is 19.1. The summed E-state index contributed by atoms with van der Waals surface area (Å²) in [4.78, 5) is 7.14. The van der Waals surface area contributed by atoms with Crippen LogP contribution >= 0.6 is 35.6 Å². The van der Waals surface area contributed by atoms with Gasteiger partial charge in [-0.2, -0.15) is 0 Å². The third kappa shape index (κ3) is 5.97. The van der Waals surface area contributed by atoms with E-state index in [1.54, 1.807) is 0 Å². The highest BCUT2D eigenvalue weighted by Gasteiger charge is 2.14. The van der Waals surface area contributed by atoms with Crippen LogP contribution in [-0.2, 0) is 0 Å². The summed E-state index contributed by atoms with van der Waals surface area (Å²) in [6.45, 7) is 4.90. The first-order valence-corrected chi connectivity index (χ1v) is 12.1. The van der Waals surface area contributed by atoms with Crippen LogP contribution in [-0.4, -0.2) is 47.9 Å². The number of benzene rings is 3. The molecule has 0 radical (unpaired) electrons. The normalized spacial score (nSPS) is 11.1. The summed E-state index contributed by atoms with van der Waals surface area (Å²) < 4.78 is 6.20. The zero-order chi connectivity index (χ0) is 23.2. The van der Waals surface area contributed by atoms with E-state index in [0.717, 1.165) is 64.1 Å². The second-order valence-electron chi connectivity index (χ2n) is 7.92. The number of nitrogens with one attached hydrogen (secondary N) is 1. The molecule has 0 unspecified atom stereocenters. The Kier molecular flexibility index (Phi) is 9.48. The number of nitrogens with zero attached hydrogens (tertiary/aromatic N) is 2. The first-order valence-electron chi connectivity index (χ1n) is 11.0. The van der Waals surface area contributed by atoms with Gasteiger partial charge in [0.2, 0.25) is 0 Å². The summed E-state index contributed by atoms with van der Waals surface area (Å²) in [5, 5.41) is 5.65. The molecule has 0 saturated carbocycles. The number of pyridine rings is 1. The highest BCUT2D eigenvalue weighted by Crippen LogP contribution is 2.37. The van der Waals surface area contributed by atoms with Gasteiger partial charge in [0.15, 0.2) is 0 Å². The van der Waals surface area contributed by atoms with Crippen molar-refractivity contribution in [3.8, 4) is 5.75 Å². The molecule has 0 amide bonds. The largest absolute Gasteiger partial charge is 0.490 e. The molecule has 0 aliphatic heterocycles. The molecule has 0 aliphatic rings. The summed E-state index contributed by atoms with van der Waals surface area (Å²) in [5.41, 5.74) is 11.6. The molecular weight excluding hydrogens is 491 g/mol. The van der Waals surface area contributed by atoms with Gasteiger partial charge in [0, 0.05) is 53.5 Å². The van der Waals surface area contributed by atoms with Gasteiger partial charge in [0.05, 0.1) is 11.2 Å². The van der Waals surface area contributed by atoms with Gasteiger partial charge in [0.25, 0.3) is 0 Å². The van der Waals surface area contributed by atoms with Gasteiger partial charge in [-0.05, 0) is 36.8 Å². The second kappa shape index (κ2) is 12.3. The van der Waals surface area contributed by atoms with Gasteiger partial charge in [-0.1, -0.05) is 36.4 Å². The number of aromatic nitrogens is 1. The smallest absolute Gasteiger partial charge is 0.145 e. The Morgan fingerprint density at radius 3 is 2.44 bits per heavy atom. The van der Waals surface area contributed by atoms with Crippen molar-refractivity contribution in [1.82, 2.24) is 9.88 Å². The van der Waals surface area contributed by atoms with E-state index in [1.807, 2.05) is 48.5 Å². The Bertz CT molecular complexity index is 1250. The van der Waals surface area contributed by atoms with Crippen molar-refractivity contribution in [3.05, 3.63) is 66.2 Å². The van der Waals surface area contributed by atoms with Crippen molar-refractivity contribution in [1.29, 1.82) is 0 Å². The maximum atomic E-state index is 6.20. The molecule has 0 bridgehead atoms. The summed E-state index contributed by atoms with van der Waals surface area (Å²) in [5.74, 6) is 1.89. The topological polar surface area (TPSA) is 63.4 Å². The molecule has 5 nitrogen and oxygen atoms in total. The molecule has 4 aromatic rings. The van der Waals surface area contributed by atoms with Crippen LogP contribution in [0.5, 0.6) is 5.75 Å². The van der Waals surface area contributed by atoms with Crippen molar-refractivity contribution in [2.75, 3.05) is 49.1 Å². The van der Waals surface area contributed by atoms with E-state index < -0.39 is 0 Å². The second-order valence-corrected chi connectivity index (χ2v) is 8.68. The minimum Gasteiger partial charge on any atom is -0.490 e. The van der Waals surface area contributed by atoms with Gasteiger partial charge in [0.1, 0.15) is 17.9 Å². The Morgan fingerprint density at radius 1 is 0.941 bits per heavy atom. The van der Waals surface area contributed by atoms with Crippen LogP contribution < -0.4 is 15.8 Å². The third-order valence-corrected chi connectivity index (χ3v) is 6.00. The summed E-state index contributed by atoms with van der Waals surface area (Å²) in [6.07, 6.45) is 0. The standard InChI is InChI=1S/C26H28Cl2N4O.ClH/c1-18-9-10-19(29)17-23(18)31-25-20-5-2-3-7-22(20)30-26-21(25)6-4-8-24(26)33-16-15-32(13-11-27)14-12-28;/h2-10,17H,11-16,29H2,1H3,(H,30,31);1H.